The van der Waals surface area contributed by atoms with Crippen LogP contribution in [0.25, 0.3) is 0 Å². The number of carbonyl (C=O) groups is 2. The van der Waals surface area contributed by atoms with Crippen LogP contribution in [-0.2, 0) is 9.53 Å². The molecule has 1 aromatic carbocycles. The second kappa shape index (κ2) is 10.1. The molecule has 144 valence electrons. The molecule has 1 aliphatic rings. The molecule has 0 spiro atoms. The first kappa shape index (κ1) is 20.2. The predicted octanol–water partition coefficient (Wildman–Crippen LogP) is 1.55. The molecule has 0 aromatic heterocycles. The highest BCUT2D eigenvalue weighted by Gasteiger charge is 2.16. The van der Waals surface area contributed by atoms with Crippen LogP contribution >= 0.6 is 0 Å². The Kier molecular flexibility index (Phi) is 7.87. The summed E-state index contributed by atoms with van der Waals surface area (Å²) in [4.78, 5) is 28.7. The molecule has 2 amide bonds. The Hall–Kier alpha value is -2.12. The first-order valence-corrected chi connectivity index (χ1v) is 9.20. The van der Waals surface area contributed by atoms with Crippen molar-refractivity contribution in [2.75, 3.05) is 63.7 Å². The molecule has 0 radical (unpaired) electrons. The third kappa shape index (κ3) is 6.00. The van der Waals surface area contributed by atoms with Crippen molar-refractivity contribution in [2.45, 2.75) is 19.8 Å². The SMILES string of the molecule is CCCC(=O)Nc1ccc(N(C)C)c(C(=O)NCCN2CCOCC2)c1. The van der Waals surface area contributed by atoms with Gasteiger partial charge in [-0.2, -0.15) is 0 Å². The van der Waals surface area contributed by atoms with Crippen LogP contribution < -0.4 is 15.5 Å². The predicted molar refractivity (Wildman–Crippen MR) is 104 cm³/mol. The second-order valence-electron chi connectivity index (χ2n) is 6.63. The molecule has 26 heavy (non-hydrogen) atoms. The van der Waals surface area contributed by atoms with E-state index in [1.54, 1.807) is 6.07 Å². The fourth-order valence-electron chi connectivity index (χ4n) is 2.88. The van der Waals surface area contributed by atoms with Crippen molar-refractivity contribution < 1.29 is 14.3 Å². The molecule has 0 aliphatic carbocycles. The molecule has 1 aliphatic heterocycles. The van der Waals surface area contributed by atoms with E-state index in [9.17, 15) is 9.59 Å². The van der Waals surface area contributed by atoms with Crippen molar-refractivity contribution >= 4 is 23.2 Å². The Bertz CT molecular complexity index is 613. The lowest BCUT2D eigenvalue weighted by Gasteiger charge is -2.26. The van der Waals surface area contributed by atoms with Gasteiger partial charge in [0.15, 0.2) is 0 Å². The summed E-state index contributed by atoms with van der Waals surface area (Å²) in [7, 11) is 3.80. The third-order valence-electron chi connectivity index (χ3n) is 4.30. The van der Waals surface area contributed by atoms with E-state index >= 15 is 0 Å². The zero-order chi connectivity index (χ0) is 18.9. The van der Waals surface area contributed by atoms with Gasteiger partial charge in [0, 0.05) is 58.1 Å². The average molecular weight is 362 g/mol. The molecule has 0 saturated carbocycles. The molecule has 2 rings (SSSR count). The Morgan fingerprint density at radius 1 is 1.23 bits per heavy atom. The summed E-state index contributed by atoms with van der Waals surface area (Å²) in [5, 5.41) is 5.84. The number of anilines is 2. The number of ether oxygens (including phenoxy) is 1. The molecule has 1 fully saturated rings. The Balaban J connectivity index is 2.01. The number of hydrogen-bond donors (Lipinski definition) is 2. The van der Waals surface area contributed by atoms with Crippen LogP contribution in [-0.4, -0.2) is 70.2 Å². The minimum Gasteiger partial charge on any atom is -0.379 e. The second-order valence-corrected chi connectivity index (χ2v) is 6.63. The molecule has 0 bridgehead atoms. The fraction of sp³-hybridized carbons (Fsp3) is 0.579. The largest absolute Gasteiger partial charge is 0.379 e. The summed E-state index contributed by atoms with van der Waals surface area (Å²) >= 11 is 0. The molecule has 1 aromatic rings. The molecule has 7 nitrogen and oxygen atoms in total. The zero-order valence-corrected chi connectivity index (χ0v) is 16.0. The zero-order valence-electron chi connectivity index (χ0n) is 16.0. The summed E-state index contributed by atoms with van der Waals surface area (Å²) < 4.78 is 5.33. The highest BCUT2D eigenvalue weighted by Crippen LogP contribution is 2.23. The summed E-state index contributed by atoms with van der Waals surface area (Å²) in [5.74, 6) is -0.169. The molecule has 7 heteroatoms. The first-order chi connectivity index (χ1) is 12.5. The Morgan fingerprint density at radius 2 is 1.96 bits per heavy atom. The van der Waals surface area contributed by atoms with Gasteiger partial charge in [-0.05, 0) is 24.6 Å². The van der Waals surface area contributed by atoms with Crippen molar-refractivity contribution in [2.24, 2.45) is 0 Å². The molecule has 1 saturated heterocycles. The maximum absolute atomic E-state index is 12.7. The van der Waals surface area contributed by atoms with Gasteiger partial charge < -0.3 is 20.3 Å². The number of carbonyl (C=O) groups excluding carboxylic acids is 2. The van der Waals surface area contributed by atoms with E-state index in [0.717, 1.165) is 45.0 Å². The van der Waals surface area contributed by atoms with Crippen molar-refractivity contribution in [1.29, 1.82) is 0 Å². The lowest BCUT2D eigenvalue weighted by Crippen LogP contribution is -2.41. The quantitative estimate of drug-likeness (QED) is 0.734. The van der Waals surface area contributed by atoms with E-state index in [-0.39, 0.29) is 11.8 Å². The minimum absolute atomic E-state index is 0.0382. The molecule has 0 unspecified atom stereocenters. The Labute approximate surface area is 155 Å². The molecular weight excluding hydrogens is 332 g/mol. The average Bonchev–Trinajstić information content (AvgIpc) is 2.62. The van der Waals surface area contributed by atoms with Crippen molar-refractivity contribution in [3.05, 3.63) is 23.8 Å². The van der Waals surface area contributed by atoms with Crippen LogP contribution in [0.5, 0.6) is 0 Å². The van der Waals surface area contributed by atoms with E-state index < -0.39 is 0 Å². The van der Waals surface area contributed by atoms with Crippen LogP contribution in [0.15, 0.2) is 18.2 Å². The number of hydrogen-bond acceptors (Lipinski definition) is 5. The number of morpholine rings is 1. The number of nitrogens with zero attached hydrogens (tertiary/aromatic N) is 2. The summed E-state index contributed by atoms with van der Waals surface area (Å²) in [6.07, 6.45) is 1.26. The van der Waals surface area contributed by atoms with Gasteiger partial charge in [-0.15, -0.1) is 0 Å². The topological polar surface area (TPSA) is 73.9 Å². The highest BCUT2D eigenvalue weighted by molar-refractivity contribution is 6.02. The molecule has 2 N–H and O–H groups in total. The molecular formula is C19H30N4O3. The number of nitrogens with one attached hydrogen (secondary N) is 2. The lowest BCUT2D eigenvalue weighted by molar-refractivity contribution is -0.116. The maximum Gasteiger partial charge on any atom is 0.253 e. The maximum atomic E-state index is 12.7. The number of rotatable bonds is 8. The van der Waals surface area contributed by atoms with E-state index in [4.69, 9.17) is 4.74 Å². The monoisotopic (exact) mass is 362 g/mol. The van der Waals surface area contributed by atoms with Gasteiger partial charge >= 0.3 is 0 Å². The van der Waals surface area contributed by atoms with Crippen molar-refractivity contribution in [3.63, 3.8) is 0 Å². The van der Waals surface area contributed by atoms with Crippen LogP contribution in [0.2, 0.25) is 0 Å². The van der Waals surface area contributed by atoms with E-state index in [1.165, 1.54) is 0 Å². The van der Waals surface area contributed by atoms with Crippen LogP contribution in [0.4, 0.5) is 11.4 Å². The van der Waals surface area contributed by atoms with Gasteiger partial charge in [0.25, 0.3) is 5.91 Å². The molecule has 1 heterocycles. The first-order valence-electron chi connectivity index (χ1n) is 9.20. The van der Waals surface area contributed by atoms with Gasteiger partial charge in [-0.1, -0.05) is 6.92 Å². The normalized spacial score (nSPS) is 14.7. The van der Waals surface area contributed by atoms with Gasteiger partial charge in [-0.3, -0.25) is 14.5 Å². The molecule has 0 atom stereocenters. The standard InChI is InChI=1S/C19H30N4O3/c1-4-5-18(24)21-15-6-7-17(22(2)3)16(14-15)19(25)20-8-9-23-10-12-26-13-11-23/h6-7,14H,4-5,8-13H2,1-3H3,(H,20,25)(H,21,24). The van der Waals surface area contributed by atoms with Crippen LogP contribution in [0.3, 0.4) is 0 Å². The van der Waals surface area contributed by atoms with Gasteiger partial charge in [0.2, 0.25) is 5.91 Å². The van der Waals surface area contributed by atoms with E-state index in [1.807, 2.05) is 38.1 Å². The van der Waals surface area contributed by atoms with Gasteiger partial charge in [0.1, 0.15) is 0 Å². The number of benzene rings is 1. The summed E-state index contributed by atoms with van der Waals surface area (Å²) in [6, 6.07) is 5.43. The van der Waals surface area contributed by atoms with Crippen LogP contribution in [0, 0.1) is 0 Å². The van der Waals surface area contributed by atoms with Crippen molar-refractivity contribution in [3.8, 4) is 0 Å². The third-order valence-corrected chi connectivity index (χ3v) is 4.30. The number of amides is 2. The fourth-order valence-corrected chi connectivity index (χ4v) is 2.88. The Morgan fingerprint density at radius 3 is 2.62 bits per heavy atom. The highest BCUT2D eigenvalue weighted by atomic mass is 16.5. The minimum atomic E-state index is -0.131. The lowest BCUT2D eigenvalue weighted by atomic mass is 10.1. The van der Waals surface area contributed by atoms with Crippen molar-refractivity contribution in [1.82, 2.24) is 10.2 Å². The summed E-state index contributed by atoms with van der Waals surface area (Å²) in [5.41, 5.74) is 2.03. The van der Waals surface area contributed by atoms with E-state index in [0.29, 0.717) is 24.2 Å². The van der Waals surface area contributed by atoms with Crippen LogP contribution in [0.1, 0.15) is 30.1 Å². The smallest absolute Gasteiger partial charge is 0.253 e. The summed E-state index contributed by atoms with van der Waals surface area (Å²) in [6.45, 7) is 6.64. The van der Waals surface area contributed by atoms with E-state index in [2.05, 4.69) is 15.5 Å². The van der Waals surface area contributed by atoms with Gasteiger partial charge in [-0.25, -0.2) is 0 Å². The van der Waals surface area contributed by atoms with Gasteiger partial charge in [0.05, 0.1) is 18.8 Å².